The maximum absolute atomic E-state index is 13.0. The highest BCUT2D eigenvalue weighted by atomic mass is 16.1. The number of aromatic nitrogens is 2. The molecule has 6 heteroatoms. The Hall–Kier alpha value is -3.66. The van der Waals surface area contributed by atoms with Gasteiger partial charge in [0.15, 0.2) is 0 Å². The van der Waals surface area contributed by atoms with Crippen molar-refractivity contribution in [1.82, 2.24) is 24.9 Å². The topological polar surface area (TPSA) is 61.7 Å². The average molecular weight is 520 g/mol. The van der Waals surface area contributed by atoms with Gasteiger partial charge in [-0.1, -0.05) is 48.2 Å². The van der Waals surface area contributed by atoms with E-state index < -0.39 is 0 Å². The Labute approximate surface area is 230 Å². The molecule has 2 aliphatic rings. The minimum Gasteiger partial charge on any atom is -0.352 e. The van der Waals surface area contributed by atoms with Gasteiger partial charge in [0.05, 0.1) is 18.0 Å². The predicted molar refractivity (Wildman–Crippen MR) is 156 cm³/mol. The number of piperidine rings is 2. The zero-order valence-corrected chi connectivity index (χ0v) is 22.7. The molecule has 1 atom stereocenters. The smallest absolute Gasteiger partial charge is 0.223 e. The van der Waals surface area contributed by atoms with Crippen LogP contribution in [0, 0.1) is 23.7 Å². The lowest BCUT2D eigenvalue weighted by molar-refractivity contribution is -0.126. The quantitative estimate of drug-likeness (QED) is 0.367. The maximum Gasteiger partial charge on any atom is 0.223 e. The fourth-order valence-electron chi connectivity index (χ4n) is 6.09. The van der Waals surface area contributed by atoms with Crippen molar-refractivity contribution in [3.05, 3.63) is 83.9 Å². The molecule has 2 saturated heterocycles. The van der Waals surface area contributed by atoms with Crippen molar-refractivity contribution in [3.8, 4) is 11.8 Å². The molecule has 0 aliphatic carbocycles. The van der Waals surface area contributed by atoms with Gasteiger partial charge in [-0.25, -0.2) is 4.98 Å². The highest BCUT2D eigenvalue weighted by Gasteiger charge is 2.28. The van der Waals surface area contributed by atoms with Crippen LogP contribution in [0.15, 0.2) is 67.3 Å². The molecule has 39 heavy (non-hydrogen) atoms. The summed E-state index contributed by atoms with van der Waals surface area (Å²) in [5.74, 6) is 7.77. The molecule has 4 heterocycles. The molecule has 6 nitrogen and oxygen atoms in total. The number of pyridine rings is 1. The number of hydrogen-bond acceptors (Lipinski definition) is 4. The van der Waals surface area contributed by atoms with Crippen molar-refractivity contribution in [2.45, 2.75) is 45.2 Å². The van der Waals surface area contributed by atoms with Crippen LogP contribution in [0.25, 0.3) is 16.3 Å². The molecule has 1 amide bonds. The lowest BCUT2D eigenvalue weighted by Crippen LogP contribution is -2.41. The Morgan fingerprint density at radius 3 is 2.67 bits per heavy atom. The van der Waals surface area contributed by atoms with E-state index in [-0.39, 0.29) is 17.9 Å². The lowest BCUT2D eigenvalue weighted by atomic mass is 9.91. The lowest BCUT2D eigenvalue weighted by Gasteiger charge is -2.36. The Kier molecular flexibility index (Phi) is 7.62. The summed E-state index contributed by atoms with van der Waals surface area (Å²) in [5.41, 5.74) is 4.60. The van der Waals surface area contributed by atoms with Crippen LogP contribution in [-0.2, 0) is 11.3 Å². The third-order valence-corrected chi connectivity index (χ3v) is 8.54. The summed E-state index contributed by atoms with van der Waals surface area (Å²) in [7, 11) is 0. The normalized spacial score (nSPS) is 18.1. The summed E-state index contributed by atoms with van der Waals surface area (Å²) in [4.78, 5) is 19.6. The summed E-state index contributed by atoms with van der Waals surface area (Å²) in [6.45, 7) is 6.82. The van der Waals surface area contributed by atoms with Crippen LogP contribution in [0.3, 0.4) is 0 Å². The number of likely N-dealkylation sites (tertiary alicyclic amines) is 1. The number of benzene rings is 2. The second-order valence-corrected chi connectivity index (χ2v) is 11.0. The van der Waals surface area contributed by atoms with Crippen LogP contribution in [0.2, 0.25) is 0 Å². The Morgan fingerprint density at radius 1 is 1.05 bits per heavy atom. The third-order valence-electron chi connectivity index (χ3n) is 8.54. The highest BCUT2D eigenvalue weighted by Crippen LogP contribution is 2.32. The van der Waals surface area contributed by atoms with Gasteiger partial charge in [-0.05, 0) is 92.8 Å². The van der Waals surface area contributed by atoms with Crippen molar-refractivity contribution >= 4 is 22.2 Å². The minimum absolute atomic E-state index is 0.0646. The SMILES string of the molecule is CC(c1ccc(C#CC2CCNCC2)c2ccccc12)N1CCC(C(=O)NCc2ccc3cncn3c2)CC1. The van der Waals surface area contributed by atoms with Gasteiger partial charge in [0.25, 0.3) is 0 Å². The van der Waals surface area contributed by atoms with E-state index in [0.29, 0.717) is 12.5 Å². The summed E-state index contributed by atoms with van der Waals surface area (Å²) in [6.07, 6.45) is 9.69. The van der Waals surface area contributed by atoms with E-state index in [1.807, 2.05) is 22.9 Å². The maximum atomic E-state index is 13.0. The second-order valence-electron chi connectivity index (χ2n) is 11.0. The summed E-state index contributed by atoms with van der Waals surface area (Å²) < 4.78 is 1.98. The number of hydrogen-bond donors (Lipinski definition) is 2. The second kappa shape index (κ2) is 11.6. The van der Waals surface area contributed by atoms with Crippen LogP contribution in [-0.4, -0.2) is 46.4 Å². The summed E-state index contributed by atoms with van der Waals surface area (Å²) >= 11 is 0. The van der Waals surface area contributed by atoms with Crippen molar-refractivity contribution in [2.75, 3.05) is 26.2 Å². The predicted octanol–water partition coefficient (Wildman–Crippen LogP) is 4.93. The number of fused-ring (bicyclic) bond motifs is 2. The highest BCUT2D eigenvalue weighted by molar-refractivity contribution is 5.91. The first-order chi connectivity index (χ1) is 19.2. The van der Waals surface area contributed by atoms with Crippen LogP contribution < -0.4 is 10.6 Å². The van der Waals surface area contributed by atoms with Crippen LogP contribution >= 0.6 is 0 Å². The van der Waals surface area contributed by atoms with E-state index in [9.17, 15) is 4.79 Å². The Balaban J connectivity index is 1.08. The van der Waals surface area contributed by atoms with Crippen molar-refractivity contribution in [2.24, 2.45) is 11.8 Å². The van der Waals surface area contributed by atoms with E-state index in [1.165, 1.54) is 16.3 Å². The van der Waals surface area contributed by atoms with Crippen molar-refractivity contribution in [1.29, 1.82) is 0 Å². The van der Waals surface area contributed by atoms with E-state index in [2.05, 4.69) is 81.7 Å². The van der Waals surface area contributed by atoms with Gasteiger partial charge in [-0.2, -0.15) is 0 Å². The summed E-state index contributed by atoms with van der Waals surface area (Å²) in [5, 5.41) is 9.11. The first-order valence-electron chi connectivity index (χ1n) is 14.3. The summed E-state index contributed by atoms with van der Waals surface area (Å²) in [6, 6.07) is 17.5. The first kappa shape index (κ1) is 25.6. The van der Waals surface area contributed by atoms with Gasteiger partial charge in [-0.15, -0.1) is 0 Å². The molecule has 0 radical (unpaired) electrons. The van der Waals surface area contributed by atoms with Crippen LogP contribution in [0.1, 0.15) is 55.3 Å². The minimum atomic E-state index is 0.0646. The molecule has 0 saturated carbocycles. The Bertz CT molecular complexity index is 1520. The molecular formula is C33H37N5O. The molecule has 4 aromatic rings. The van der Waals surface area contributed by atoms with Gasteiger partial charge < -0.3 is 15.0 Å². The first-order valence-corrected chi connectivity index (χ1v) is 14.3. The van der Waals surface area contributed by atoms with E-state index in [4.69, 9.17) is 0 Å². The molecule has 1 unspecified atom stereocenters. The molecule has 2 N–H and O–H groups in total. The van der Waals surface area contributed by atoms with Gasteiger partial charge in [-0.3, -0.25) is 9.69 Å². The fraction of sp³-hybridized carbons (Fsp3) is 0.394. The van der Waals surface area contributed by atoms with Gasteiger partial charge in [0.2, 0.25) is 5.91 Å². The number of carbonyl (C=O) groups is 1. The van der Waals surface area contributed by atoms with Gasteiger partial charge in [0.1, 0.15) is 0 Å². The number of rotatable bonds is 5. The number of nitrogens with one attached hydrogen (secondary N) is 2. The Morgan fingerprint density at radius 2 is 1.85 bits per heavy atom. The molecular weight excluding hydrogens is 482 g/mol. The molecule has 2 aromatic carbocycles. The van der Waals surface area contributed by atoms with Crippen molar-refractivity contribution in [3.63, 3.8) is 0 Å². The number of imidazole rings is 1. The zero-order valence-electron chi connectivity index (χ0n) is 22.7. The third kappa shape index (κ3) is 5.71. The molecule has 2 fully saturated rings. The molecule has 0 spiro atoms. The van der Waals surface area contributed by atoms with E-state index in [1.54, 1.807) is 6.33 Å². The largest absolute Gasteiger partial charge is 0.352 e. The molecule has 2 aromatic heterocycles. The van der Waals surface area contributed by atoms with Crippen LogP contribution in [0.4, 0.5) is 0 Å². The van der Waals surface area contributed by atoms with E-state index >= 15 is 0 Å². The molecule has 0 bridgehead atoms. The van der Waals surface area contributed by atoms with Crippen LogP contribution in [0.5, 0.6) is 0 Å². The fourth-order valence-corrected chi connectivity index (χ4v) is 6.09. The van der Waals surface area contributed by atoms with Crippen molar-refractivity contribution < 1.29 is 4.79 Å². The van der Waals surface area contributed by atoms with Gasteiger partial charge in [0, 0.05) is 36.2 Å². The molecule has 200 valence electrons. The monoisotopic (exact) mass is 519 g/mol. The number of carbonyl (C=O) groups excluding carboxylic acids is 1. The standard InChI is InChI=1S/C33H37N5O/c1-24(30-11-9-27(31-4-2-3-5-32(30)31)8-6-25-12-16-34-17-13-25)37-18-14-28(15-19-37)33(39)36-20-26-7-10-29-21-35-23-38(29)22-26/h2-5,7,9-11,21-25,28,34H,12-20H2,1H3,(H,36,39). The zero-order chi connectivity index (χ0) is 26.6. The van der Waals surface area contributed by atoms with Gasteiger partial charge >= 0.3 is 0 Å². The molecule has 6 rings (SSSR count). The number of amides is 1. The number of nitrogens with zero attached hydrogens (tertiary/aromatic N) is 3. The van der Waals surface area contributed by atoms with E-state index in [0.717, 1.165) is 68.5 Å². The average Bonchev–Trinajstić information content (AvgIpc) is 3.47. The molecule has 2 aliphatic heterocycles.